The molecule has 0 saturated heterocycles. The molecule has 0 heterocycles. The Kier molecular flexibility index (Phi) is 3.23. The van der Waals surface area contributed by atoms with Crippen LogP contribution in [-0.4, -0.2) is 17.0 Å². The Morgan fingerprint density at radius 3 is 2.47 bits per heavy atom. The number of aromatic carboxylic acids is 1. The van der Waals surface area contributed by atoms with Gasteiger partial charge in [-0.3, -0.25) is 4.79 Å². The largest absolute Gasteiger partial charge is 0.478 e. The predicted octanol–water partition coefficient (Wildman–Crippen LogP) is 1.27. The summed E-state index contributed by atoms with van der Waals surface area (Å²) >= 11 is 0. The van der Waals surface area contributed by atoms with Crippen LogP contribution in [0.1, 0.15) is 22.8 Å². The van der Waals surface area contributed by atoms with Gasteiger partial charge in [-0.25, -0.2) is 4.79 Å². The quantitative estimate of drug-likeness (QED) is 0.729. The lowest BCUT2D eigenvalue weighted by molar-refractivity contribution is -0.114. The highest BCUT2D eigenvalue weighted by Crippen LogP contribution is 2.12. The first-order chi connectivity index (χ1) is 7.02. The standard InChI is InChI=1S/C11H11NO3/c1-7(10(12)13)6-8-4-2-3-5-9(8)11(14)15/h2-6H,1H3,(H2,12,13)(H,14,15). The van der Waals surface area contributed by atoms with Crippen LogP contribution < -0.4 is 5.73 Å². The first-order valence-corrected chi connectivity index (χ1v) is 4.33. The van der Waals surface area contributed by atoms with Crippen molar-refractivity contribution < 1.29 is 14.7 Å². The van der Waals surface area contributed by atoms with Gasteiger partial charge in [0.15, 0.2) is 0 Å². The molecule has 4 nitrogen and oxygen atoms in total. The first-order valence-electron chi connectivity index (χ1n) is 4.33. The number of amides is 1. The Hall–Kier alpha value is -2.10. The van der Waals surface area contributed by atoms with E-state index in [2.05, 4.69) is 0 Å². The van der Waals surface area contributed by atoms with Crippen LogP contribution in [0.5, 0.6) is 0 Å². The average Bonchev–Trinajstić information content (AvgIpc) is 2.18. The second-order valence-corrected chi connectivity index (χ2v) is 3.08. The molecule has 0 spiro atoms. The van der Waals surface area contributed by atoms with E-state index in [1.54, 1.807) is 25.1 Å². The van der Waals surface area contributed by atoms with Crippen molar-refractivity contribution in [3.05, 3.63) is 41.0 Å². The van der Waals surface area contributed by atoms with E-state index in [4.69, 9.17) is 10.8 Å². The number of rotatable bonds is 3. The van der Waals surface area contributed by atoms with Gasteiger partial charge in [0.05, 0.1) is 5.56 Å². The topological polar surface area (TPSA) is 80.4 Å². The number of carbonyl (C=O) groups excluding carboxylic acids is 1. The van der Waals surface area contributed by atoms with Gasteiger partial charge >= 0.3 is 5.97 Å². The molecular weight excluding hydrogens is 194 g/mol. The van der Waals surface area contributed by atoms with Gasteiger partial charge in [0.2, 0.25) is 5.91 Å². The van der Waals surface area contributed by atoms with E-state index in [0.717, 1.165) is 0 Å². The molecule has 0 aliphatic rings. The Bertz CT molecular complexity index is 435. The maximum Gasteiger partial charge on any atom is 0.336 e. The Labute approximate surface area is 87.0 Å². The summed E-state index contributed by atoms with van der Waals surface area (Å²) in [5.74, 6) is -1.59. The fourth-order valence-corrected chi connectivity index (χ4v) is 1.12. The van der Waals surface area contributed by atoms with E-state index in [1.807, 2.05) is 0 Å². The molecule has 4 heteroatoms. The van der Waals surface area contributed by atoms with Crippen LogP contribution in [0, 0.1) is 0 Å². The minimum absolute atomic E-state index is 0.151. The fourth-order valence-electron chi connectivity index (χ4n) is 1.12. The molecule has 1 rings (SSSR count). The van der Waals surface area contributed by atoms with Crippen LogP contribution in [0.4, 0.5) is 0 Å². The third kappa shape index (κ3) is 2.67. The molecule has 0 atom stereocenters. The summed E-state index contributed by atoms with van der Waals surface area (Å²) in [6.07, 6.45) is 1.46. The molecule has 0 fully saturated rings. The van der Waals surface area contributed by atoms with Crippen LogP contribution in [0.3, 0.4) is 0 Å². The zero-order chi connectivity index (χ0) is 11.4. The summed E-state index contributed by atoms with van der Waals surface area (Å²) in [6.45, 7) is 1.54. The average molecular weight is 205 g/mol. The molecular formula is C11H11NO3. The molecule has 0 saturated carbocycles. The van der Waals surface area contributed by atoms with Crippen molar-refractivity contribution in [3.63, 3.8) is 0 Å². The van der Waals surface area contributed by atoms with Crippen molar-refractivity contribution in [1.29, 1.82) is 0 Å². The molecule has 0 aromatic heterocycles. The van der Waals surface area contributed by atoms with Gasteiger partial charge in [-0.2, -0.15) is 0 Å². The number of nitrogens with two attached hydrogens (primary N) is 1. The normalized spacial score (nSPS) is 11.1. The van der Waals surface area contributed by atoms with Gasteiger partial charge in [0, 0.05) is 5.57 Å². The summed E-state index contributed by atoms with van der Waals surface area (Å²) < 4.78 is 0. The number of carboxylic acids is 1. The van der Waals surface area contributed by atoms with Crippen molar-refractivity contribution in [2.24, 2.45) is 5.73 Å². The molecule has 0 bridgehead atoms. The lowest BCUT2D eigenvalue weighted by atomic mass is 10.1. The summed E-state index contributed by atoms with van der Waals surface area (Å²) in [5.41, 5.74) is 6.00. The maximum absolute atomic E-state index is 10.8. The molecule has 1 amide bonds. The van der Waals surface area contributed by atoms with E-state index >= 15 is 0 Å². The third-order valence-corrected chi connectivity index (χ3v) is 1.95. The van der Waals surface area contributed by atoms with E-state index in [9.17, 15) is 9.59 Å². The van der Waals surface area contributed by atoms with Gasteiger partial charge in [0.25, 0.3) is 0 Å². The van der Waals surface area contributed by atoms with Crippen molar-refractivity contribution in [2.45, 2.75) is 6.92 Å². The number of benzene rings is 1. The second kappa shape index (κ2) is 4.41. The Morgan fingerprint density at radius 2 is 1.93 bits per heavy atom. The SMILES string of the molecule is CC(=Cc1ccccc1C(=O)O)C(N)=O. The van der Waals surface area contributed by atoms with Gasteiger partial charge < -0.3 is 10.8 Å². The smallest absolute Gasteiger partial charge is 0.336 e. The molecule has 78 valence electrons. The summed E-state index contributed by atoms with van der Waals surface area (Å²) in [6, 6.07) is 6.42. The van der Waals surface area contributed by atoms with Crippen LogP contribution in [0.15, 0.2) is 29.8 Å². The third-order valence-electron chi connectivity index (χ3n) is 1.95. The van der Waals surface area contributed by atoms with Crippen molar-refractivity contribution >= 4 is 18.0 Å². The minimum atomic E-state index is -1.03. The Balaban J connectivity index is 3.20. The van der Waals surface area contributed by atoms with E-state index in [1.165, 1.54) is 12.1 Å². The molecule has 0 unspecified atom stereocenters. The van der Waals surface area contributed by atoms with Crippen LogP contribution >= 0.6 is 0 Å². The first kappa shape index (κ1) is 11.0. The number of carbonyl (C=O) groups is 2. The maximum atomic E-state index is 10.8. The lowest BCUT2D eigenvalue weighted by Crippen LogP contribution is -2.11. The number of primary amides is 1. The summed E-state index contributed by atoms with van der Waals surface area (Å²) in [4.78, 5) is 21.6. The van der Waals surface area contributed by atoms with E-state index in [0.29, 0.717) is 11.1 Å². The highest BCUT2D eigenvalue weighted by molar-refractivity contribution is 5.99. The highest BCUT2D eigenvalue weighted by Gasteiger charge is 2.07. The Morgan fingerprint density at radius 1 is 1.33 bits per heavy atom. The predicted molar refractivity (Wildman–Crippen MR) is 56.2 cm³/mol. The van der Waals surface area contributed by atoms with Crippen molar-refractivity contribution in [3.8, 4) is 0 Å². The van der Waals surface area contributed by atoms with Gasteiger partial charge in [-0.15, -0.1) is 0 Å². The van der Waals surface area contributed by atoms with Crippen LogP contribution in [0.2, 0.25) is 0 Å². The molecule has 1 aromatic rings. The zero-order valence-corrected chi connectivity index (χ0v) is 8.23. The van der Waals surface area contributed by atoms with Gasteiger partial charge in [0.1, 0.15) is 0 Å². The number of hydrogen-bond donors (Lipinski definition) is 2. The fraction of sp³-hybridized carbons (Fsp3) is 0.0909. The zero-order valence-electron chi connectivity index (χ0n) is 8.23. The second-order valence-electron chi connectivity index (χ2n) is 3.08. The van der Waals surface area contributed by atoms with Gasteiger partial charge in [-0.1, -0.05) is 18.2 Å². The van der Waals surface area contributed by atoms with Crippen LogP contribution in [-0.2, 0) is 4.79 Å². The van der Waals surface area contributed by atoms with E-state index in [-0.39, 0.29) is 5.56 Å². The number of hydrogen-bond acceptors (Lipinski definition) is 2. The lowest BCUT2D eigenvalue weighted by Gasteiger charge is -2.01. The molecule has 0 radical (unpaired) electrons. The molecule has 1 aromatic carbocycles. The monoisotopic (exact) mass is 205 g/mol. The summed E-state index contributed by atoms with van der Waals surface area (Å²) in [5, 5.41) is 8.87. The number of carboxylic acid groups (broad SMARTS) is 1. The highest BCUT2D eigenvalue weighted by atomic mass is 16.4. The van der Waals surface area contributed by atoms with E-state index < -0.39 is 11.9 Å². The van der Waals surface area contributed by atoms with Crippen molar-refractivity contribution in [1.82, 2.24) is 0 Å². The summed E-state index contributed by atoms with van der Waals surface area (Å²) in [7, 11) is 0. The molecule has 0 aliphatic carbocycles. The molecule has 3 N–H and O–H groups in total. The van der Waals surface area contributed by atoms with Gasteiger partial charge in [-0.05, 0) is 24.6 Å². The molecule has 0 aliphatic heterocycles. The van der Waals surface area contributed by atoms with Crippen molar-refractivity contribution in [2.75, 3.05) is 0 Å². The van der Waals surface area contributed by atoms with Crippen LogP contribution in [0.25, 0.3) is 6.08 Å². The molecule has 15 heavy (non-hydrogen) atoms. The minimum Gasteiger partial charge on any atom is -0.478 e.